The average molecular weight is 520 g/mol. The van der Waals surface area contributed by atoms with Gasteiger partial charge in [-0.05, 0) is 46.0 Å². The number of nitrogens with zero attached hydrogens (tertiary/aromatic N) is 7. The van der Waals surface area contributed by atoms with Crippen LogP contribution in [0.25, 0.3) is 16.7 Å². The van der Waals surface area contributed by atoms with Crippen molar-refractivity contribution >= 4 is 28.4 Å². The quantitative estimate of drug-likeness (QED) is 0.363. The molecule has 0 fully saturated rings. The fraction of sp³-hybridized carbons (Fsp3) is 0.423. The van der Waals surface area contributed by atoms with Crippen LogP contribution >= 0.6 is 0 Å². The van der Waals surface area contributed by atoms with Gasteiger partial charge in [0.2, 0.25) is 5.95 Å². The minimum Gasteiger partial charge on any atom is -0.389 e. The molecule has 6 bridgehead atoms. The number of rotatable bonds is 2. The van der Waals surface area contributed by atoms with E-state index < -0.39 is 5.60 Å². The maximum atomic E-state index is 13.1. The van der Waals surface area contributed by atoms with Gasteiger partial charge in [0.05, 0.1) is 36.6 Å². The Morgan fingerprint density at radius 1 is 1.18 bits per heavy atom. The van der Waals surface area contributed by atoms with Crippen LogP contribution in [0.3, 0.4) is 0 Å². The van der Waals surface area contributed by atoms with E-state index >= 15 is 0 Å². The summed E-state index contributed by atoms with van der Waals surface area (Å²) in [6, 6.07) is 7.38. The van der Waals surface area contributed by atoms with Crippen LogP contribution in [0.2, 0.25) is 0 Å². The molecule has 1 aliphatic heterocycles. The Bertz CT molecular complexity index is 1450. The Labute approximate surface area is 220 Å². The molecule has 0 aliphatic carbocycles. The second-order valence-electron chi connectivity index (χ2n) is 10.2. The first-order valence-electron chi connectivity index (χ1n) is 12.6. The summed E-state index contributed by atoms with van der Waals surface area (Å²) in [5.41, 5.74) is 2.73. The van der Waals surface area contributed by atoms with E-state index in [4.69, 9.17) is 4.74 Å². The molecule has 4 heterocycles. The second kappa shape index (κ2) is 10.5. The molecule has 5 rings (SSSR count). The number of aliphatic hydroxyl groups is 1. The molecular weight excluding hydrogens is 486 g/mol. The van der Waals surface area contributed by atoms with Crippen LogP contribution in [0.15, 0.2) is 36.7 Å². The first-order valence-corrected chi connectivity index (χ1v) is 12.6. The second-order valence-corrected chi connectivity index (χ2v) is 10.2. The molecule has 1 amide bonds. The number of aryl methyl sites for hydroxylation is 1. The van der Waals surface area contributed by atoms with E-state index in [0.717, 1.165) is 29.9 Å². The third-order valence-electron chi connectivity index (χ3n) is 6.22. The number of ether oxygens (including phenoxy) is 1. The Morgan fingerprint density at radius 2 is 2.03 bits per heavy atom. The van der Waals surface area contributed by atoms with Crippen molar-refractivity contribution in [3.05, 3.63) is 53.6 Å². The number of amides is 1. The summed E-state index contributed by atoms with van der Waals surface area (Å²) >= 11 is 0. The van der Waals surface area contributed by atoms with Gasteiger partial charge < -0.3 is 20.5 Å². The number of fused-ring (bicyclic) bond motifs is 6. The van der Waals surface area contributed by atoms with Crippen molar-refractivity contribution < 1.29 is 14.6 Å². The van der Waals surface area contributed by atoms with Crippen LogP contribution in [-0.2, 0) is 17.8 Å². The lowest BCUT2D eigenvalue weighted by atomic mass is 10.1. The van der Waals surface area contributed by atoms with Gasteiger partial charge in [-0.1, -0.05) is 0 Å². The fourth-order valence-corrected chi connectivity index (χ4v) is 4.36. The summed E-state index contributed by atoms with van der Waals surface area (Å²) in [4.78, 5) is 24.3. The molecule has 12 nitrogen and oxygen atoms in total. The highest BCUT2D eigenvalue weighted by Crippen LogP contribution is 2.26. The number of hydrogen-bond acceptors (Lipinski definition) is 9. The van der Waals surface area contributed by atoms with Crippen molar-refractivity contribution in [1.82, 2.24) is 39.7 Å². The van der Waals surface area contributed by atoms with Gasteiger partial charge in [0, 0.05) is 54.7 Å². The van der Waals surface area contributed by atoms with Gasteiger partial charge in [0.15, 0.2) is 11.5 Å². The third-order valence-corrected chi connectivity index (χ3v) is 6.22. The smallest absolute Gasteiger partial charge is 0.272 e. The van der Waals surface area contributed by atoms with Crippen LogP contribution in [-0.4, -0.2) is 84.4 Å². The van der Waals surface area contributed by atoms with Crippen LogP contribution in [0, 0.1) is 6.92 Å². The minimum absolute atomic E-state index is 0.233. The number of aromatic nitrogens is 6. The van der Waals surface area contributed by atoms with Gasteiger partial charge in [-0.25, -0.2) is 9.67 Å². The SMILES string of the molecule is Cc1nn2cc1CN(C)CCOCCNC(=O)c1nn(CC(C)(C)O)c3ccc(cc13)Nc1nccc-2n1. The summed E-state index contributed by atoms with van der Waals surface area (Å²) in [6.45, 7) is 8.35. The van der Waals surface area contributed by atoms with Gasteiger partial charge in [-0.15, -0.1) is 0 Å². The topological polar surface area (TPSA) is 135 Å². The fourth-order valence-electron chi connectivity index (χ4n) is 4.36. The molecule has 1 aromatic carbocycles. The zero-order chi connectivity index (χ0) is 26.9. The van der Waals surface area contributed by atoms with E-state index in [-0.39, 0.29) is 18.1 Å². The molecule has 0 spiro atoms. The number of hydrogen-bond donors (Lipinski definition) is 3. The maximum absolute atomic E-state index is 13.1. The lowest BCUT2D eigenvalue weighted by molar-refractivity contribution is 0.0587. The molecular formula is C26H33N9O3. The highest BCUT2D eigenvalue weighted by atomic mass is 16.5. The molecule has 38 heavy (non-hydrogen) atoms. The summed E-state index contributed by atoms with van der Waals surface area (Å²) in [5.74, 6) is 0.727. The van der Waals surface area contributed by atoms with Crippen molar-refractivity contribution in [3.8, 4) is 5.82 Å². The molecule has 0 unspecified atom stereocenters. The van der Waals surface area contributed by atoms with Crippen molar-refractivity contribution in [1.29, 1.82) is 0 Å². The molecule has 0 atom stereocenters. The Balaban J connectivity index is 1.53. The summed E-state index contributed by atoms with van der Waals surface area (Å²) in [7, 11) is 2.03. The molecule has 12 heteroatoms. The molecule has 0 radical (unpaired) electrons. The molecule has 3 N–H and O–H groups in total. The van der Waals surface area contributed by atoms with Gasteiger partial charge >= 0.3 is 0 Å². The predicted molar refractivity (Wildman–Crippen MR) is 143 cm³/mol. The van der Waals surface area contributed by atoms with Crippen LogP contribution in [0.1, 0.15) is 35.6 Å². The van der Waals surface area contributed by atoms with Crippen molar-refractivity contribution in [2.75, 3.05) is 38.7 Å². The third kappa shape index (κ3) is 5.82. The highest BCUT2D eigenvalue weighted by Gasteiger charge is 2.22. The number of benzene rings is 1. The van der Waals surface area contributed by atoms with Gasteiger partial charge in [0.25, 0.3) is 5.91 Å². The normalized spacial score (nSPS) is 15.9. The standard InChI is InChI=1S/C26H33N9O3/c1-17-18-14-33(4)10-12-38-11-9-27-24(36)23-20-13-19(5-6-21(20)35(32-23)16-26(2,3)37)29-25-28-8-7-22(30-25)34(15-18)31-17/h5-8,13,15,37H,9-12,14,16H2,1-4H3,(H,27,36)(H,28,29,30). The van der Waals surface area contributed by atoms with Gasteiger partial charge in [0.1, 0.15) is 0 Å². The minimum atomic E-state index is -1.01. The molecule has 0 saturated heterocycles. The van der Waals surface area contributed by atoms with Gasteiger partial charge in [-0.2, -0.15) is 15.2 Å². The van der Waals surface area contributed by atoms with E-state index in [9.17, 15) is 9.90 Å². The number of anilines is 2. The summed E-state index contributed by atoms with van der Waals surface area (Å²) in [6.07, 6.45) is 3.66. The zero-order valence-electron chi connectivity index (χ0n) is 22.1. The molecule has 200 valence electrons. The monoisotopic (exact) mass is 519 g/mol. The largest absolute Gasteiger partial charge is 0.389 e. The summed E-state index contributed by atoms with van der Waals surface area (Å²) < 4.78 is 9.17. The van der Waals surface area contributed by atoms with Crippen LogP contribution < -0.4 is 10.6 Å². The Morgan fingerprint density at radius 3 is 2.84 bits per heavy atom. The molecule has 4 aromatic rings. The highest BCUT2D eigenvalue weighted by molar-refractivity contribution is 6.05. The Hall–Kier alpha value is -3.87. The number of carbonyl (C=O) groups is 1. The van der Waals surface area contributed by atoms with E-state index in [1.54, 1.807) is 35.5 Å². The zero-order valence-corrected chi connectivity index (χ0v) is 22.1. The van der Waals surface area contributed by atoms with Crippen molar-refractivity contribution in [3.63, 3.8) is 0 Å². The first-order chi connectivity index (χ1) is 18.2. The average Bonchev–Trinajstić information content (AvgIpc) is 3.39. The Kier molecular flexibility index (Phi) is 7.11. The molecule has 1 aliphatic rings. The number of carbonyl (C=O) groups excluding carboxylic acids is 1. The lowest BCUT2D eigenvalue weighted by Gasteiger charge is -2.17. The molecule has 3 aromatic heterocycles. The number of nitrogens with one attached hydrogen (secondary N) is 2. The van der Waals surface area contributed by atoms with E-state index in [0.29, 0.717) is 42.6 Å². The van der Waals surface area contributed by atoms with Crippen LogP contribution in [0.5, 0.6) is 0 Å². The van der Waals surface area contributed by atoms with Gasteiger partial charge in [-0.3, -0.25) is 14.4 Å². The van der Waals surface area contributed by atoms with E-state index in [1.807, 2.05) is 38.4 Å². The van der Waals surface area contributed by atoms with Crippen LogP contribution in [0.4, 0.5) is 11.6 Å². The van der Waals surface area contributed by atoms with E-state index in [1.165, 1.54) is 0 Å². The van der Waals surface area contributed by atoms with E-state index in [2.05, 4.69) is 35.7 Å². The number of likely N-dealkylation sites (N-methyl/N-ethyl adjacent to an activating group) is 1. The van der Waals surface area contributed by atoms with Crippen molar-refractivity contribution in [2.45, 2.75) is 39.5 Å². The maximum Gasteiger partial charge on any atom is 0.272 e. The van der Waals surface area contributed by atoms with Crippen molar-refractivity contribution in [2.24, 2.45) is 0 Å². The first kappa shape index (κ1) is 25.8. The molecule has 0 saturated carbocycles. The lowest BCUT2D eigenvalue weighted by Crippen LogP contribution is -2.30. The predicted octanol–water partition coefficient (Wildman–Crippen LogP) is 2.03. The summed E-state index contributed by atoms with van der Waals surface area (Å²) in [5, 5.41) is 26.4.